The number of benzene rings is 1. The number of nitrogens with zero attached hydrogens (tertiary/aromatic N) is 2. The Kier molecular flexibility index (Phi) is 1.40. The largest absolute Gasteiger partial charge is 0.399 e. The summed E-state index contributed by atoms with van der Waals surface area (Å²) in [6.07, 6.45) is 4.60. The molecule has 72 valence electrons. The lowest BCUT2D eigenvalue weighted by Crippen LogP contribution is -1.90. The summed E-state index contributed by atoms with van der Waals surface area (Å²) in [7, 11) is 1.95. The molecule has 0 atom stereocenters. The first-order chi connectivity index (χ1) is 6.74. The van der Waals surface area contributed by atoms with E-state index in [2.05, 4.69) is 11.2 Å². The van der Waals surface area contributed by atoms with Gasteiger partial charge in [-0.15, -0.1) is 0 Å². The van der Waals surface area contributed by atoms with Crippen molar-refractivity contribution < 1.29 is 0 Å². The number of aryl methyl sites for hydroxylation is 1. The summed E-state index contributed by atoms with van der Waals surface area (Å²) in [5, 5.41) is 5.64. The topological polar surface area (TPSA) is 43.8 Å². The Bertz CT molecular complexity index is 494. The molecule has 0 unspecified atom stereocenters. The number of nitrogens with two attached hydrogens (primary N) is 1. The normalized spacial score (nSPS) is 16.4. The number of rotatable bonds is 1. The molecule has 1 fully saturated rings. The maximum atomic E-state index is 5.86. The molecule has 1 aromatic heterocycles. The highest BCUT2D eigenvalue weighted by Crippen LogP contribution is 2.43. The molecule has 0 amide bonds. The van der Waals surface area contributed by atoms with Crippen molar-refractivity contribution in [2.75, 3.05) is 5.73 Å². The Morgan fingerprint density at radius 3 is 2.93 bits per heavy atom. The van der Waals surface area contributed by atoms with Gasteiger partial charge in [0.25, 0.3) is 0 Å². The van der Waals surface area contributed by atoms with Gasteiger partial charge in [-0.1, -0.05) is 0 Å². The fraction of sp³-hybridized carbons (Fsp3) is 0.364. The number of hydrogen-bond donors (Lipinski definition) is 1. The molecular formula is C11H13N3. The average Bonchev–Trinajstić information content (AvgIpc) is 2.87. The smallest absolute Gasteiger partial charge is 0.0959 e. The lowest BCUT2D eigenvalue weighted by atomic mass is 10.1. The molecule has 3 heteroatoms. The van der Waals surface area contributed by atoms with Gasteiger partial charge in [0.2, 0.25) is 0 Å². The minimum atomic E-state index is 0.705. The molecule has 14 heavy (non-hydrogen) atoms. The van der Waals surface area contributed by atoms with E-state index in [0.29, 0.717) is 5.92 Å². The standard InChI is InChI=1S/C11H13N3/c1-14-6-8-4-9(12)5-10(7-2-3-7)11(8)13-14/h4-7H,2-3,12H2,1H3. The van der Waals surface area contributed by atoms with Crippen molar-refractivity contribution in [2.45, 2.75) is 18.8 Å². The molecule has 3 rings (SSSR count). The summed E-state index contributed by atoms with van der Waals surface area (Å²) >= 11 is 0. The lowest BCUT2D eigenvalue weighted by molar-refractivity contribution is 0.778. The second kappa shape index (κ2) is 2.50. The van der Waals surface area contributed by atoms with Gasteiger partial charge in [-0.3, -0.25) is 4.68 Å². The van der Waals surface area contributed by atoms with Crippen molar-refractivity contribution in [3.8, 4) is 0 Å². The zero-order chi connectivity index (χ0) is 9.71. The van der Waals surface area contributed by atoms with Crippen molar-refractivity contribution in [3.63, 3.8) is 0 Å². The Morgan fingerprint density at radius 1 is 1.43 bits per heavy atom. The van der Waals surface area contributed by atoms with Gasteiger partial charge in [-0.2, -0.15) is 5.10 Å². The number of aromatic nitrogens is 2. The van der Waals surface area contributed by atoms with Crippen molar-refractivity contribution >= 4 is 16.6 Å². The number of hydrogen-bond acceptors (Lipinski definition) is 2. The Balaban J connectivity index is 2.33. The lowest BCUT2D eigenvalue weighted by Gasteiger charge is -2.01. The van der Waals surface area contributed by atoms with Crippen LogP contribution in [-0.4, -0.2) is 9.78 Å². The molecule has 0 radical (unpaired) electrons. The van der Waals surface area contributed by atoms with Gasteiger partial charge in [0.15, 0.2) is 0 Å². The quantitative estimate of drug-likeness (QED) is 0.694. The SMILES string of the molecule is Cn1cc2cc(N)cc(C3CC3)c2n1. The van der Waals surface area contributed by atoms with Crippen LogP contribution in [0.5, 0.6) is 0 Å². The van der Waals surface area contributed by atoms with E-state index in [0.717, 1.165) is 16.6 Å². The summed E-state index contributed by atoms with van der Waals surface area (Å²) in [5.41, 5.74) is 9.18. The van der Waals surface area contributed by atoms with Gasteiger partial charge in [-0.25, -0.2) is 0 Å². The predicted molar refractivity (Wildman–Crippen MR) is 57.1 cm³/mol. The van der Waals surface area contributed by atoms with Crippen molar-refractivity contribution in [2.24, 2.45) is 7.05 Å². The van der Waals surface area contributed by atoms with E-state index < -0.39 is 0 Å². The fourth-order valence-corrected chi connectivity index (χ4v) is 2.01. The van der Waals surface area contributed by atoms with Gasteiger partial charge in [0, 0.05) is 24.3 Å². The molecule has 0 saturated heterocycles. The molecule has 1 aromatic carbocycles. The van der Waals surface area contributed by atoms with E-state index in [1.807, 2.05) is 24.0 Å². The minimum absolute atomic E-state index is 0.705. The third kappa shape index (κ3) is 1.09. The molecule has 1 saturated carbocycles. The molecule has 2 aromatic rings. The third-order valence-electron chi connectivity index (χ3n) is 2.79. The maximum Gasteiger partial charge on any atom is 0.0959 e. The highest BCUT2D eigenvalue weighted by atomic mass is 15.2. The van der Waals surface area contributed by atoms with Gasteiger partial charge in [0.1, 0.15) is 0 Å². The second-order valence-corrected chi connectivity index (χ2v) is 4.13. The molecule has 0 aliphatic heterocycles. The summed E-state index contributed by atoms with van der Waals surface area (Å²) in [4.78, 5) is 0. The van der Waals surface area contributed by atoms with Crippen LogP contribution in [0.1, 0.15) is 24.3 Å². The highest BCUT2D eigenvalue weighted by Gasteiger charge is 2.26. The fourth-order valence-electron chi connectivity index (χ4n) is 2.01. The van der Waals surface area contributed by atoms with Gasteiger partial charge < -0.3 is 5.73 Å². The Morgan fingerprint density at radius 2 is 2.21 bits per heavy atom. The molecular weight excluding hydrogens is 174 g/mol. The van der Waals surface area contributed by atoms with Crippen molar-refractivity contribution in [1.29, 1.82) is 0 Å². The molecule has 2 N–H and O–H groups in total. The Hall–Kier alpha value is -1.51. The van der Waals surface area contributed by atoms with E-state index in [-0.39, 0.29) is 0 Å². The van der Waals surface area contributed by atoms with Crippen LogP contribution in [0.2, 0.25) is 0 Å². The summed E-state index contributed by atoms with van der Waals surface area (Å²) < 4.78 is 1.86. The minimum Gasteiger partial charge on any atom is -0.399 e. The first-order valence-electron chi connectivity index (χ1n) is 4.97. The first-order valence-corrected chi connectivity index (χ1v) is 4.97. The van der Waals surface area contributed by atoms with E-state index in [4.69, 9.17) is 5.73 Å². The average molecular weight is 187 g/mol. The number of nitrogen functional groups attached to an aromatic ring is 1. The molecule has 0 spiro atoms. The molecule has 3 nitrogen and oxygen atoms in total. The third-order valence-corrected chi connectivity index (χ3v) is 2.79. The highest BCUT2D eigenvalue weighted by molar-refractivity contribution is 5.85. The predicted octanol–water partition coefficient (Wildman–Crippen LogP) is 2.03. The molecule has 0 bridgehead atoms. The maximum absolute atomic E-state index is 5.86. The molecule has 1 aliphatic carbocycles. The number of fused-ring (bicyclic) bond motifs is 1. The van der Waals surface area contributed by atoms with Crippen LogP contribution in [0.3, 0.4) is 0 Å². The van der Waals surface area contributed by atoms with Gasteiger partial charge in [0.05, 0.1) is 5.52 Å². The molecule has 1 heterocycles. The van der Waals surface area contributed by atoms with Crippen LogP contribution < -0.4 is 5.73 Å². The first kappa shape index (κ1) is 7.85. The van der Waals surface area contributed by atoms with Crippen LogP contribution in [-0.2, 0) is 7.05 Å². The summed E-state index contributed by atoms with van der Waals surface area (Å²) in [6, 6.07) is 4.07. The zero-order valence-electron chi connectivity index (χ0n) is 8.20. The van der Waals surface area contributed by atoms with Crippen LogP contribution in [0.25, 0.3) is 10.9 Å². The zero-order valence-corrected chi connectivity index (χ0v) is 8.20. The van der Waals surface area contributed by atoms with Crippen LogP contribution in [0.15, 0.2) is 18.3 Å². The summed E-state index contributed by atoms with van der Waals surface area (Å²) in [5.74, 6) is 0.705. The Labute approximate surface area is 82.5 Å². The second-order valence-electron chi connectivity index (χ2n) is 4.13. The van der Waals surface area contributed by atoms with Crippen LogP contribution in [0.4, 0.5) is 5.69 Å². The van der Waals surface area contributed by atoms with E-state index in [1.165, 1.54) is 18.4 Å². The van der Waals surface area contributed by atoms with Crippen molar-refractivity contribution in [3.05, 3.63) is 23.9 Å². The summed E-state index contributed by atoms with van der Waals surface area (Å²) in [6.45, 7) is 0. The van der Waals surface area contributed by atoms with E-state index in [9.17, 15) is 0 Å². The van der Waals surface area contributed by atoms with E-state index >= 15 is 0 Å². The van der Waals surface area contributed by atoms with Crippen LogP contribution in [0, 0.1) is 0 Å². The number of anilines is 1. The van der Waals surface area contributed by atoms with E-state index in [1.54, 1.807) is 0 Å². The van der Waals surface area contributed by atoms with Crippen molar-refractivity contribution in [1.82, 2.24) is 9.78 Å². The molecule has 1 aliphatic rings. The van der Waals surface area contributed by atoms with Gasteiger partial charge in [-0.05, 0) is 36.5 Å². The monoisotopic (exact) mass is 187 g/mol. The van der Waals surface area contributed by atoms with Crippen LogP contribution >= 0.6 is 0 Å². The van der Waals surface area contributed by atoms with Gasteiger partial charge >= 0.3 is 0 Å².